The molecule has 1 unspecified atom stereocenters. The van der Waals surface area contributed by atoms with Gasteiger partial charge < -0.3 is 5.73 Å². The van der Waals surface area contributed by atoms with Gasteiger partial charge in [-0.15, -0.1) is 0 Å². The van der Waals surface area contributed by atoms with Gasteiger partial charge in [0, 0.05) is 25.4 Å². The molecular formula is C14H18N2O2. The summed E-state index contributed by atoms with van der Waals surface area (Å²) in [5, 5.41) is 0. The van der Waals surface area contributed by atoms with Crippen LogP contribution in [0.1, 0.15) is 37.3 Å². The molecule has 0 aromatic heterocycles. The molecule has 1 aliphatic heterocycles. The van der Waals surface area contributed by atoms with Crippen molar-refractivity contribution in [2.24, 2.45) is 5.73 Å². The Morgan fingerprint density at radius 3 is 2.33 bits per heavy atom. The summed E-state index contributed by atoms with van der Waals surface area (Å²) < 4.78 is 0. The second-order valence-corrected chi connectivity index (χ2v) is 4.60. The SMILES string of the molecule is NC(CCN1C(=O)CCCC1=O)c1ccccc1. The van der Waals surface area contributed by atoms with Crippen LogP contribution in [0.3, 0.4) is 0 Å². The Kier molecular flexibility index (Phi) is 4.10. The largest absolute Gasteiger partial charge is 0.324 e. The fourth-order valence-corrected chi connectivity index (χ4v) is 2.18. The van der Waals surface area contributed by atoms with Gasteiger partial charge in [0.2, 0.25) is 11.8 Å². The van der Waals surface area contributed by atoms with Crippen molar-refractivity contribution in [2.75, 3.05) is 6.54 Å². The van der Waals surface area contributed by atoms with Gasteiger partial charge in [-0.05, 0) is 18.4 Å². The predicted octanol–water partition coefficient (Wildman–Crippen LogP) is 1.62. The average Bonchev–Trinajstić information content (AvgIpc) is 2.39. The normalized spacial score (nSPS) is 17.9. The maximum Gasteiger partial charge on any atom is 0.229 e. The summed E-state index contributed by atoms with van der Waals surface area (Å²) in [6, 6.07) is 9.61. The van der Waals surface area contributed by atoms with Gasteiger partial charge in [-0.2, -0.15) is 0 Å². The summed E-state index contributed by atoms with van der Waals surface area (Å²) in [5.74, 6) is -0.127. The Labute approximate surface area is 107 Å². The summed E-state index contributed by atoms with van der Waals surface area (Å²) in [6.45, 7) is 0.424. The number of hydrogen-bond acceptors (Lipinski definition) is 3. The van der Waals surface area contributed by atoms with Crippen molar-refractivity contribution >= 4 is 11.8 Å². The van der Waals surface area contributed by atoms with E-state index in [9.17, 15) is 9.59 Å². The molecule has 4 heteroatoms. The number of carbonyl (C=O) groups excluding carboxylic acids is 2. The molecule has 0 spiro atoms. The number of likely N-dealkylation sites (tertiary alicyclic amines) is 1. The number of nitrogens with zero attached hydrogens (tertiary/aromatic N) is 1. The second kappa shape index (κ2) is 5.78. The number of carbonyl (C=O) groups is 2. The van der Waals surface area contributed by atoms with Crippen LogP contribution in [0, 0.1) is 0 Å². The van der Waals surface area contributed by atoms with Crippen LogP contribution in [0.2, 0.25) is 0 Å². The minimum Gasteiger partial charge on any atom is -0.324 e. The minimum atomic E-state index is -0.131. The molecule has 4 nitrogen and oxygen atoms in total. The van der Waals surface area contributed by atoms with E-state index in [2.05, 4.69) is 0 Å². The number of nitrogens with two attached hydrogens (primary N) is 1. The van der Waals surface area contributed by atoms with E-state index in [1.807, 2.05) is 30.3 Å². The second-order valence-electron chi connectivity index (χ2n) is 4.60. The topological polar surface area (TPSA) is 63.4 Å². The molecule has 1 aromatic carbocycles. The summed E-state index contributed by atoms with van der Waals surface area (Å²) in [4.78, 5) is 24.6. The number of benzene rings is 1. The van der Waals surface area contributed by atoms with E-state index in [1.54, 1.807) is 0 Å². The molecule has 1 aliphatic rings. The van der Waals surface area contributed by atoms with Gasteiger partial charge in [0.1, 0.15) is 0 Å². The Morgan fingerprint density at radius 1 is 1.11 bits per heavy atom. The minimum absolute atomic E-state index is 0.0634. The molecule has 1 aromatic rings. The highest BCUT2D eigenvalue weighted by atomic mass is 16.2. The maximum absolute atomic E-state index is 11.6. The summed E-state index contributed by atoms with van der Waals surface area (Å²) in [6.07, 6.45) is 2.25. The lowest BCUT2D eigenvalue weighted by molar-refractivity contribution is -0.148. The smallest absolute Gasteiger partial charge is 0.229 e. The van der Waals surface area contributed by atoms with Crippen LogP contribution in [-0.4, -0.2) is 23.3 Å². The van der Waals surface area contributed by atoms with Gasteiger partial charge in [0.15, 0.2) is 0 Å². The van der Waals surface area contributed by atoms with Crippen LogP contribution in [0.15, 0.2) is 30.3 Å². The van der Waals surface area contributed by atoms with Crippen LogP contribution in [-0.2, 0) is 9.59 Å². The average molecular weight is 246 g/mol. The van der Waals surface area contributed by atoms with Crippen molar-refractivity contribution in [3.8, 4) is 0 Å². The molecule has 0 bridgehead atoms. The maximum atomic E-state index is 11.6. The molecule has 2 amide bonds. The number of piperidine rings is 1. The third-order valence-corrected chi connectivity index (χ3v) is 3.27. The first-order valence-corrected chi connectivity index (χ1v) is 6.32. The van der Waals surface area contributed by atoms with E-state index < -0.39 is 0 Å². The standard InChI is InChI=1S/C14H18N2O2/c15-12(11-5-2-1-3-6-11)9-10-16-13(17)7-4-8-14(16)18/h1-3,5-6,12H,4,7-10,15H2. The van der Waals surface area contributed by atoms with Gasteiger partial charge in [-0.1, -0.05) is 30.3 Å². The molecule has 1 atom stereocenters. The quantitative estimate of drug-likeness (QED) is 0.821. The lowest BCUT2D eigenvalue weighted by Crippen LogP contribution is -2.41. The molecule has 2 rings (SSSR count). The van der Waals surface area contributed by atoms with Crippen LogP contribution in [0.5, 0.6) is 0 Å². The summed E-state index contributed by atoms with van der Waals surface area (Å²) in [7, 11) is 0. The zero-order valence-corrected chi connectivity index (χ0v) is 10.3. The van der Waals surface area contributed by atoms with Gasteiger partial charge in [0.25, 0.3) is 0 Å². The lowest BCUT2D eigenvalue weighted by Gasteiger charge is -2.26. The Bertz CT molecular complexity index is 415. The van der Waals surface area contributed by atoms with Gasteiger partial charge in [-0.3, -0.25) is 14.5 Å². The van der Waals surface area contributed by atoms with Crippen LogP contribution < -0.4 is 5.73 Å². The highest BCUT2D eigenvalue weighted by Crippen LogP contribution is 2.17. The van der Waals surface area contributed by atoms with E-state index in [-0.39, 0.29) is 17.9 Å². The molecule has 2 N–H and O–H groups in total. The van der Waals surface area contributed by atoms with Gasteiger partial charge >= 0.3 is 0 Å². The number of rotatable bonds is 4. The highest BCUT2D eigenvalue weighted by Gasteiger charge is 2.25. The summed E-state index contributed by atoms with van der Waals surface area (Å²) >= 11 is 0. The molecule has 0 aliphatic carbocycles. The first-order chi connectivity index (χ1) is 8.68. The van der Waals surface area contributed by atoms with E-state index in [4.69, 9.17) is 5.73 Å². The van der Waals surface area contributed by atoms with Crippen molar-refractivity contribution in [3.63, 3.8) is 0 Å². The third kappa shape index (κ3) is 2.96. The Morgan fingerprint density at radius 2 is 1.72 bits per heavy atom. The third-order valence-electron chi connectivity index (χ3n) is 3.27. The Balaban J connectivity index is 1.91. The van der Waals surface area contributed by atoms with Gasteiger partial charge in [0.05, 0.1) is 0 Å². The van der Waals surface area contributed by atoms with Gasteiger partial charge in [-0.25, -0.2) is 0 Å². The first kappa shape index (κ1) is 12.8. The molecule has 1 heterocycles. The molecular weight excluding hydrogens is 228 g/mol. The predicted molar refractivity (Wildman–Crippen MR) is 68.6 cm³/mol. The van der Waals surface area contributed by atoms with E-state index in [0.717, 1.165) is 5.56 Å². The number of amides is 2. The molecule has 0 radical (unpaired) electrons. The fraction of sp³-hybridized carbons (Fsp3) is 0.429. The van der Waals surface area contributed by atoms with E-state index in [0.29, 0.717) is 32.2 Å². The van der Waals surface area contributed by atoms with Crippen molar-refractivity contribution in [1.29, 1.82) is 0 Å². The number of hydrogen-bond donors (Lipinski definition) is 1. The fourth-order valence-electron chi connectivity index (χ4n) is 2.18. The Hall–Kier alpha value is -1.68. The van der Waals surface area contributed by atoms with Crippen molar-refractivity contribution in [1.82, 2.24) is 4.90 Å². The van der Waals surface area contributed by atoms with Crippen LogP contribution in [0.25, 0.3) is 0 Å². The van der Waals surface area contributed by atoms with E-state index >= 15 is 0 Å². The molecule has 1 fully saturated rings. The van der Waals surface area contributed by atoms with Crippen LogP contribution >= 0.6 is 0 Å². The zero-order chi connectivity index (χ0) is 13.0. The monoisotopic (exact) mass is 246 g/mol. The molecule has 1 saturated heterocycles. The first-order valence-electron chi connectivity index (χ1n) is 6.32. The molecule has 0 saturated carbocycles. The van der Waals surface area contributed by atoms with E-state index in [1.165, 1.54) is 4.90 Å². The molecule has 96 valence electrons. The summed E-state index contributed by atoms with van der Waals surface area (Å²) in [5.41, 5.74) is 7.09. The number of imide groups is 1. The van der Waals surface area contributed by atoms with Crippen LogP contribution in [0.4, 0.5) is 0 Å². The lowest BCUT2D eigenvalue weighted by atomic mass is 10.0. The van der Waals surface area contributed by atoms with Crippen molar-refractivity contribution < 1.29 is 9.59 Å². The zero-order valence-electron chi connectivity index (χ0n) is 10.3. The van der Waals surface area contributed by atoms with Crippen molar-refractivity contribution in [3.05, 3.63) is 35.9 Å². The highest BCUT2D eigenvalue weighted by molar-refractivity contribution is 5.97. The molecule has 18 heavy (non-hydrogen) atoms. The van der Waals surface area contributed by atoms with Crippen molar-refractivity contribution in [2.45, 2.75) is 31.7 Å².